The van der Waals surface area contributed by atoms with E-state index in [-0.39, 0.29) is 12.4 Å². The molecule has 1 rings (SSSR count). The molecule has 0 aliphatic rings. The summed E-state index contributed by atoms with van der Waals surface area (Å²) < 4.78 is 0. The van der Waals surface area contributed by atoms with Crippen molar-refractivity contribution in [2.24, 2.45) is 0 Å². The number of pyridine rings is 1. The van der Waals surface area contributed by atoms with Crippen LogP contribution in [0.4, 0.5) is 0 Å². The van der Waals surface area contributed by atoms with Gasteiger partial charge in [0, 0.05) is 25.5 Å². The smallest absolute Gasteiger partial charge is 0.0312 e. The van der Waals surface area contributed by atoms with Gasteiger partial charge in [-0.2, -0.15) is 0 Å². The Bertz CT molecular complexity index is 211. The Labute approximate surface area is 79.1 Å². The summed E-state index contributed by atoms with van der Waals surface area (Å²) in [4.78, 5) is 4.00. The lowest BCUT2D eigenvalue weighted by Crippen LogP contribution is -2.12. The Morgan fingerprint density at radius 2 is 2.42 bits per heavy atom. The molecule has 12 heavy (non-hydrogen) atoms. The molecular weight excluding hydrogens is 172 g/mol. The minimum absolute atomic E-state index is 0. The third-order valence-electron chi connectivity index (χ3n) is 1.34. The highest BCUT2D eigenvalue weighted by molar-refractivity contribution is 5.85. The lowest BCUT2D eigenvalue weighted by molar-refractivity contribution is 0.757. The van der Waals surface area contributed by atoms with Crippen LogP contribution in [0.3, 0.4) is 0 Å². The van der Waals surface area contributed by atoms with Crippen molar-refractivity contribution in [2.75, 3.05) is 6.54 Å². The van der Waals surface area contributed by atoms with Crippen molar-refractivity contribution in [1.29, 1.82) is 0 Å². The van der Waals surface area contributed by atoms with E-state index in [9.17, 15) is 0 Å². The van der Waals surface area contributed by atoms with E-state index in [1.165, 1.54) is 5.56 Å². The quantitative estimate of drug-likeness (QED) is 0.570. The van der Waals surface area contributed by atoms with E-state index in [1.807, 2.05) is 24.4 Å². The highest BCUT2D eigenvalue weighted by Gasteiger charge is 1.87. The number of hydrogen-bond acceptors (Lipinski definition) is 2. The zero-order chi connectivity index (χ0) is 7.94. The van der Waals surface area contributed by atoms with E-state index in [4.69, 9.17) is 0 Å². The molecule has 1 aromatic heterocycles. The molecule has 0 aliphatic carbocycles. The van der Waals surface area contributed by atoms with Gasteiger partial charge < -0.3 is 5.32 Å². The Kier molecular flexibility index (Phi) is 6.34. The average molecular weight is 185 g/mol. The van der Waals surface area contributed by atoms with Crippen molar-refractivity contribution >= 4 is 12.4 Å². The fraction of sp³-hybridized carbons (Fsp3) is 0.222. The van der Waals surface area contributed by atoms with E-state index in [1.54, 1.807) is 6.20 Å². The summed E-state index contributed by atoms with van der Waals surface area (Å²) in [5, 5.41) is 3.19. The molecule has 0 saturated carbocycles. The van der Waals surface area contributed by atoms with E-state index < -0.39 is 0 Å². The molecule has 0 atom stereocenters. The van der Waals surface area contributed by atoms with Gasteiger partial charge in [0.25, 0.3) is 0 Å². The first kappa shape index (κ1) is 11.1. The molecule has 0 aromatic carbocycles. The number of aromatic nitrogens is 1. The normalized spacial score (nSPS) is 8.67. The third-order valence-corrected chi connectivity index (χ3v) is 1.34. The minimum atomic E-state index is 0. The summed E-state index contributed by atoms with van der Waals surface area (Å²) >= 11 is 0. The van der Waals surface area contributed by atoms with Gasteiger partial charge in [0.05, 0.1) is 0 Å². The molecule has 0 spiro atoms. The van der Waals surface area contributed by atoms with Crippen LogP contribution in [0.5, 0.6) is 0 Å². The second kappa shape index (κ2) is 6.83. The lowest BCUT2D eigenvalue weighted by atomic mass is 10.3. The second-order valence-electron chi connectivity index (χ2n) is 2.28. The van der Waals surface area contributed by atoms with Crippen LogP contribution in [-0.4, -0.2) is 11.5 Å². The zero-order valence-corrected chi connectivity index (χ0v) is 7.68. The monoisotopic (exact) mass is 184 g/mol. The van der Waals surface area contributed by atoms with Gasteiger partial charge in [-0.1, -0.05) is 12.1 Å². The summed E-state index contributed by atoms with van der Waals surface area (Å²) in [7, 11) is 0. The van der Waals surface area contributed by atoms with Crippen LogP contribution in [0.1, 0.15) is 5.56 Å². The predicted molar refractivity (Wildman–Crippen MR) is 53.4 cm³/mol. The van der Waals surface area contributed by atoms with Gasteiger partial charge in [-0.25, -0.2) is 0 Å². The standard InChI is InChI=1S/C9H12N2.ClH/c1-2-5-10-7-9-4-3-6-11-8-9;/h2-4,6,8,10H,1,5,7H2;1H. The van der Waals surface area contributed by atoms with Gasteiger partial charge in [0.15, 0.2) is 0 Å². The van der Waals surface area contributed by atoms with E-state index in [0.717, 1.165) is 13.1 Å². The van der Waals surface area contributed by atoms with E-state index in [2.05, 4.69) is 16.9 Å². The van der Waals surface area contributed by atoms with Crippen molar-refractivity contribution in [3.8, 4) is 0 Å². The minimum Gasteiger partial charge on any atom is -0.309 e. The fourth-order valence-corrected chi connectivity index (χ4v) is 0.821. The molecule has 3 heteroatoms. The summed E-state index contributed by atoms with van der Waals surface area (Å²) in [5.41, 5.74) is 1.20. The molecule has 0 fully saturated rings. The fourth-order valence-electron chi connectivity index (χ4n) is 0.821. The number of nitrogens with zero attached hydrogens (tertiary/aromatic N) is 1. The first-order valence-corrected chi connectivity index (χ1v) is 3.64. The molecule has 0 unspecified atom stereocenters. The summed E-state index contributed by atoms with van der Waals surface area (Å²) in [6.45, 7) is 5.32. The molecule has 0 amide bonds. The SMILES string of the molecule is C=CCNCc1cccnc1.Cl. The van der Waals surface area contributed by atoms with E-state index in [0.29, 0.717) is 0 Å². The summed E-state index contributed by atoms with van der Waals surface area (Å²) in [6.07, 6.45) is 5.48. The molecule has 1 heterocycles. The highest BCUT2D eigenvalue weighted by atomic mass is 35.5. The van der Waals surface area contributed by atoms with Gasteiger partial charge in [0.1, 0.15) is 0 Å². The van der Waals surface area contributed by atoms with Crippen LogP contribution in [-0.2, 0) is 6.54 Å². The van der Waals surface area contributed by atoms with Crippen molar-refractivity contribution < 1.29 is 0 Å². The first-order chi connectivity index (χ1) is 5.43. The van der Waals surface area contributed by atoms with Crippen molar-refractivity contribution in [3.63, 3.8) is 0 Å². The maximum Gasteiger partial charge on any atom is 0.0312 e. The molecule has 1 aromatic rings. The zero-order valence-electron chi connectivity index (χ0n) is 6.86. The number of hydrogen-bond donors (Lipinski definition) is 1. The summed E-state index contributed by atoms with van der Waals surface area (Å²) in [5.74, 6) is 0. The molecular formula is C9H13ClN2. The van der Waals surface area contributed by atoms with Crippen LogP contribution >= 0.6 is 12.4 Å². The first-order valence-electron chi connectivity index (χ1n) is 3.64. The lowest BCUT2D eigenvalue weighted by Gasteiger charge is -1.99. The van der Waals surface area contributed by atoms with Crippen LogP contribution in [0.2, 0.25) is 0 Å². The summed E-state index contributed by atoms with van der Waals surface area (Å²) in [6, 6.07) is 3.98. The Morgan fingerprint density at radius 1 is 1.58 bits per heavy atom. The van der Waals surface area contributed by atoms with Crippen LogP contribution in [0.15, 0.2) is 37.2 Å². The number of nitrogens with one attached hydrogen (secondary N) is 1. The Hall–Kier alpha value is -0.860. The Balaban J connectivity index is 0.00000121. The van der Waals surface area contributed by atoms with Crippen LogP contribution in [0.25, 0.3) is 0 Å². The molecule has 0 saturated heterocycles. The molecule has 0 radical (unpaired) electrons. The predicted octanol–water partition coefficient (Wildman–Crippen LogP) is 1.78. The number of halogens is 1. The average Bonchev–Trinajstić information content (AvgIpc) is 2.07. The molecule has 66 valence electrons. The van der Waals surface area contributed by atoms with Gasteiger partial charge >= 0.3 is 0 Å². The van der Waals surface area contributed by atoms with Crippen molar-refractivity contribution in [3.05, 3.63) is 42.7 Å². The van der Waals surface area contributed by atoms with Crippen LogP contribution in [0, 0.1) is 0 Å². The molecule has 0 bridgehead atoms. The number of rotatable bonds is 4. The van der Waals surface area contributed by atoms with Gasteiger partial charge in [-0.15, -0.1) is 19.0 Å². The van der Waals surface area contributed by atoms with Gasteiger partial charge in [0.2, 0.25) is 0 Å². The molecule has 0 aliphatic heterocycles. The third kappa shape index (κ3) is 4.11. The maximum atomic E-state index is 4.00. The Morgan fingerprint density at radius 3 is 3.00 bits per heavy atom. The van der Waals surface area contributed by atoms with Crippen molar-refractivity contribution in [2.45, 2.75) is 6.54 Å². The molecule has 2 nitrogen and oxygen atoms in total. The largest absolute Gasteiger partial charge is 0.309 e. The van der Waals surface area contributed by atoms with Gasteiger partial charge in [-0.3, -0.25) is 4.98 Å². The van der Waals surface area contributed by atoms with E-state index >= 15 is 0 Å². The van der Waals surface area contributed by atoms with Gasteiger partial charge in [-0.05, 0) is 11.6 Å². The highest BCUT2D eigenvalue weighted by Crippen LogP contribution is 1.93. The molecule has 1 N–H and O–H groups in total. The maximum absolute atomic E-state index is 4.00. The second-order valence-corrected chi connectivity index (χ2v) is 2.28. The topological polar surface area (TPSA) is 24.9 Å². The van der Waals surface area contributed by atoms with Crippen molar-refractivity contribution in [1.82, 2.24) is 10.3 Å². The van der Waals surface area contributed by atoms with Crippen LogP contribution < -0.4 is 5.32 Å².